The Labute approximate surface area is 137 Å². The van der Waals surface area contributed by atoms with Gasteiger partial charge in [0.2, 0.25) is 5.91 Å². The molecule has 0 aliphatic heterocycles. The molecule has 0 heterocycles. The average Bonchev–Trinajstić information content (AvgIpc) is 2.42. The van der Waals surface area contributed by atoms with E-state index >= 15 is 0 Å². The van der Waals surface area contributed by atoms with Crippen LogP contribution in [-0.2, 0) is 4.79 Å². The molecule has 0 aromatic heterocycles. The van der Waals surface area contributed by atoms with Crippen LogP contribution in [0.4, 0.5) is 5.69 Å². The first kappa shape index (κ1) is 17.9. The first-order valence-corrected chi connectivity index (χ1v) is 8.03. The highest BCUT2D eigenvalue weighted by Gasteiger charge is 2.39. The summed E-state index contributed by atoms with van der Waals surface area (Å²) in [6.07, 6.45) is 3.00. The van der Waals surface area contributed by atoms with Gasteiger partial charge in [-0.25, -0.2) is 0 Å². The molecule has 0 aliphatic rings. The van der Waals surface area contributed by atoms with Crippen LogP contribution in [0.25, 0.3) is 0 Å². The van der Waals surface area contributed by atoms with E-state index < -0.39 is 5.41 Å². The minimum atomic E-state index is -0.784. The fourth-order valence-electron chi connectivity index (χ4n) is 2.53. The standard InChI is InChI=1S/C16H23ClN2OS/c1-4-8-16(9-5-2,14(18)21)15(20)19-13-10-12(17)7-6-11(13)3/h6-7,10H,4-5,8-9H2,1-3H3,(H2,18,21)(H,19,20). The molecule has 3 N–H and O–H groups in total. The van der Waals surface area contributed by atoms with Crippen LogP contribution in [0, 0.1) is 12.3 Å². The highest BCUT2D eigenvalue weighted by molar-refractivity contribution is 7.80. The quantitative estimate of drug-likeness (QED) is 0.727. The second-order valence-corrected chi connectivity index (χ2v) is 6.24. The summed E-state index contributed by atoms with van der Waals surface area (Å²) < 4.78 is 0. The first-order valence-electron chi connectivity index (χ1n) is 7.25. The van der Waals surface area contributed by atoms with Crippen LogP contribution < -0.4 is 11.1 Å². The highest BCUT2D eigenvalue weighted by Crippen LogP contribution is 2.33. The Hall–Kier alpha value is -1.13. The molecule has 5 heteroatoms. The monoisotopic (exact) mass is 326 g/mol. The molecule has 0 aliphatic carbocycles. The maximum absolute atomic E-state index is 12.8. The van der Waals surface area contributed by atoms with Gasteiger partial charge in [-0.05, 0) is 37.5 Å². The van der Waals surface area contributed by atoms with Gasteiger partial charge in [0.15, 0.2) is 0 Å². The van der Waals surface area contributed by atoms with E-state index in [1.165, 1.54) is 0 Å². The van der Waals surface area contributed by atoms with E-state index in [0.29, 0.717) is 23.6 Å². The van der Waals surface area contributed by atoms with Crippen LogP contribution in [-0.4, -0.2) is 10.9 Å². The van der Waals surface area contributed by atoms with Crippen LogP contribution in [0.3, 0.4) is 0 Å². The molecule has 1 amide bonds. The largest absolute Gasteiger partial charge is 0.392 e. The van der Waals surface area contributed by atoms with Crippen molar-refractivity contribution in [2.45, 2.75) is 46.5 Å². The van der Waals surface area contributed by atoms with E-state index in [1.54, 1.807) is 12.1 Å². The van der Waals surface area contributed by atoms with Crippen molar-refractivity contribution in [3.63, 3.8) is 0 Å². The van der Waals surface area contributed by atoms with E-state index in [4.69, 9.17) is 29.6 Å². The van der Waals surface area contributed by atoms with Gasteiger partial charge in [0.25, 0.3) is 0 Å². The van der Waals surface area contributed by atoms with Crippen molar-refractivity contribution in [3.8, 4) is 0 Å². The Balaban J connectivity index is 3.11. The number of hydrogen-bond acceptors (Lipinski definition) is 2. The number of carbonyl (C=O) groups is 1. The van der Waals surface area contributed by atoms with Crippen LogP contribution in [0.1, 0.15) is 45.1 Å². The molecule has 0 fully saturated rings. The van der Waals surface area contributed by atoms with Crippen molar-refractivity contribution >= 4 is 40.4 Å². The molecule has 3 nitrogen and oxygen atoms in total. The summed E-state index contributed by atoms with van der Waals surface area (Å²) in [7, 11) is 0. The summed E-state index contributed by atoms with van der Waals surface area (Å²) >= 11 is 11.2. The molecule has 0 unspecified atom stereocenters. The smallest absolute Gasteiger partial charge is 0.237 e. The third kappa shape index (κ3) is 4.17. The molecule has 0 saturated carbocycles. The highest BCUT2D eigenvalue weighted by atomic mass is 35.5. The van der Waals surface area contributed by atoms with E-state index in [0.717, 1.165) is 18.4 Å². The Morgan fingerprint density at radius 2 is 1.90 bits per heavy atom. The lowest BCUT2D eigenvalue weighted by Gasteiger charge is -2.31. The molecule has 0 saturated heterocycles. The zero-order chi connectivity index (χ0) is 16.0. The first-order chi connectivity index (χ1) is 9.87. The predicted molar refractivity (Wildman–Crippen MR) is 93.9 cm³/mol. The van der Waals surface area contributed by atoms with E-state index in [1.807, 2.05) is 26.8 Å². The molecule has 0 bridgehead atoms. The fourth-order valence-corrected chi connectivity index (χ4v) is 3.00. The summed E-state index contributed by atoms with van der Waals surface area (Å²) in [5.74, 6) is -0.135. The number of carbonyl (C=O) groups excluding carboxylic acids is 1. The zero-order valence-electron chi connectivity index (χ0n) is 12.8. The van der Waals surface area contributed by atoms with Crippen molar-refractivity contribution in [1.82, 2.24) is 0 Å². The second-order valence-electron chi connectivity index (χ2n) is 5.36. The maximum Gasteiger partial charge on any atom is 0.237 e. The van der Waals surface area contributed by atoms with Gasteiger partial charge in [-0.3, -0.25) is 4.79 Å². The minimum Gasteiger partial charge on any atom is -0.392 e. The molecule has 116 valence electrons. The van der Waals surface area contributed by atoms with Crippen LogP contribution in [0.2, 0.25) is 5.02 Å². The molecule has 1 aromatic carbocycles. The number of aryl methyl sites for hydroxylation is 1. The lowest BCUT2D eigenvalue weighted by molar-refractivity contribution is -0.122. The molecule has 0 radical (unpaired) electrons. The number of nitrogens with two attached hydrogens (primary N) is 1. The van der Waals surface area contributed by atoms with Gasteiger partial charge < -0.3 is 11.1 Å². The third-order valence-corrected chi connectivity index (χ3v) is 4.33. The normalized spacial score (nSPS) is 11.2. The number of halogens is 1. The average molecular weight is 327 g/mol. The van der Waals surface area contributed by atoms with Gasteiger partial charge >= 0.3 is 0 Å². The topological polar surface area (TPSA) is 55.1 Å². The fraction of sp³-hybridized carbons (Fsp3) is 0.500. The van der Waals surface area contributed by atoms with Gasteiger partial charge in [0.05, 0.1) is 10.4 Å². The van der Waals surface area contributed by atoms with Crippen LogP contribution >= 0.6 is 23.8 Å². The van der Waals surface area contributed by atoms with E-state index in [2.05, 4.69) is 5.32 Å². The van der Waals surface area contributed by atoms with Crippen molar-refractivity contribution in [1.29, 1.82) is 0 Å². The summed E-state index contributed by atoms with van der Waals surface area (Å²) in [5.41, 5.74) is 6.79. The number of benzene rings is 1. The summed E-state index contributed by atoms with van der Waals surface area (Å²) in [4.78, 5) is 13.1. The predicted octanol–water partition coefficient (Wildman–Crippen LogP) is 4.46. The molecule has 21 heavy (non-hydrogen) atoms. The Bertz CT molecular complexity index is 525. The molecule has 0 spiro atoms. The molecular formula is C16H23ClN2OS. The van der Waals surface area contributed by atoms with E-state index in [9.17, 15) is 4.79 Å². The maximum atomic E-state index is 12.8. The van der Waals surface area contributed by atoms with Crippen LogP contribution in [0.15, 0.2) is 18.2 Å². The number of rotatable bonds is 7. The Kier molecular flexibility index (Phi) is 6.62. The van der Waals surface area contributed by atoms with Gasteiger partial charge in [0.1, 0.15) is 0 Å². The SMILES string of the molecule is CCCC(CCC)(C(=O)Nc1cc(Cl)ccc1C)C(N)=S. The van der Waals surface area contributed by atoms with Crippen molar-refractivity contribution in [2.75, 3.05) is 5.32 Å². The lowest BCUT2D eigenvalue weighted by Crippen LogP contribution is -2.46. The minimum absolute atomic E-state index is 0.135. The number of hydrogen-bond donors (Lipinski definition) is 2. The summed E-state index contributed by atoms with van der Waals surface area (Å²) in [6, 6.07) is 5.42. The van der Waals surface area contributed by atoms with Crippen molar-refractivity contribution in [2.24, 2.45) is 11.1 Å². The zero-order valence-corrected chi connectivity index (χ0v) is 14.4. The van der Waals surface area contributed by atoms with Crippen molar-refractivity contribution < 1.29 is 4.79 Å². The summed E-state index contributed by atoms with van der Waals surface area (Å²) in [5, 5.41) is 3.54. The number of nitrogens with one attached hydrogen (secondary N) is 1. The van der Waals surface area contributed by atoms with Gasteiger partial charge in [0, 0.05) is 10.7 Å². The number of thiocarbonyl (C=S) groups is 1. The van der Waals surface area contributed by atoms with Gasteiger partial charge in [-0.15, -0.1) is 0 Å². The molecular weight excluding hydrogens is 304 g/mol. The van der Waals surface area contributed by atoms with E-state index in [-0.39, 0.29) is 10.9 Å². The summed E-state index contributed by atoms with van der Waals surface area (Å²) in [6.45, 7) is 5.98. The third-order valence-electron chi connectivity index (χ3n) is 3.71. The Morgan fingerprint density at radius 1 is 1.33 bits per heavy atom. The Morgan fingerprint density at radius 3 is 2.38 bits per heavy atom. The molecule has 0 atom stereocenters. The van der Waals surface area contributed by atoms with Crippen LogP contribution in [0.5, 0.6) is 0 Å². The molecule has 1 rings (SSSR count). The van der Waals surface area contributed by atoms with Gasteiger partial charge in [-0.2, -0.15) is 0 Å². The van der Waals surface area contributed by atoms with Crippen molar-refractivity contribution in [3.05, 3.63) is 28.8 Å². The molecule has 1 aromatic rings. The lowest BCUT2D eigenvalue weighted by atomic mass is 9.78. The number of amides is 1. The second kappa shape index (κ2) is 7.76. The number of anilines is 1. The van der Waals surface area contributed by atoms with Gasteiger partial charge in [-0.1, -0.05) is 56.6 Å².